The van der Waals surface area contributed by atoms with E-state index in [0.29, 0.717) is 13.1 Å². The van der Waals surface area contributed by atoms with Gasteiger partial charge in [0.15, 0.2) is 0 Å². The lowest BCUT2D eigenvalue weighted by molar-refractivity contribution is -0.123. The van der Waals surface area contributed by atoms with Crippen molar-refractivity contribution in [3.63, 3.8) is 0 Å². The summed E-state index contributed by atoms with van der Waals surface area (Å²) in [6, 6.07) is 0. The van der Waals surface area contributed by atoms with Crippen LogP contribution in [0.5, 0.6) is 0 Å². The Morgan fingerprint density at radius 2 is 1.91 bits per heavy atom. The molecule has 9 heteroatoms. The highest BCUT2D eigenvalue weighted by Crippen LogP contribution is 2.58. The van der Waals surface area contributed by atoms with Crippen LogP contribution in [0.2, 0.25) is 0 Å². The molecule has 1 unspecified atom stereocenters. The van der Waals surface area contributed by atoms with Crippen molar-refractivity contribution in [2.75, 3.05) is 50.0 Å². The molecule has 6 nitrogen and oxygen atoms in total. The smallest absolute Gasteiger partial charge is 0.223 e. The molecule has 1 amide bonds. The summed E-state index contributed by atoms with van der Waals surface area (Å²) in [7, 11) is -3.22. The van der Waals surface area contributed by atoms with E-state index in [2.05, 4.69) is 10.6 Å². The molecule has 2 aliphatic heterocycles. The summed E-state index contributed by atoms with van der Waals surface area (Å²) in [5.74, 6) is 1.90. The van der Waals surface area contributed by atoms with Gasteiger partial charge in [-0.2, -0.15) is 11.8 Å². The lowest BCUT2D eigenvalue weighted by Crippen LogP contribution is -2.42. The van der Waals surface area contributed by atoms with Gasteiger partial charge in [-0.05, 0) is 37.8 Å². The number of thioether (sulfide) groups is 1. The topological polar surface area (TPSA) is 78.5 Å². The fourth-order valence-corrected chi connectivity index (χ4v) is 6.07. The predicted molar refractivity (Wildman–Crippen MR) is 95.6 cm³/mol. The van der Waals surface area contributed by atoms with E-state index < -0.39 is 10.0 Å². The Morgan fingerprint density at radius 3 is 2.57 bits per heavy atom. The molecule has 1 spiro atoms. The monoisotopic (exact) mass is 383 g/mol. The van der Waals surface area contributed by atoms with Crippen molar-refractivity contribution < 1.29 is 13.2 Å². The van der Waals surface area contributed by atoms with Crippen LogP contribution < -0.4 is 10.6 Å². The van der Waals surface area contributed by atoms with Crippen molar-refractivity contribution in [1.29, 1.82) is 0 Å². The lowest BCUT2D eigenvalue weighted by atomic mass is 9.92. The highest BCUT2D eigenvalue weighted by molar-refractivity contribution is 7.99. The van der Waals surface area contributed by atoms with Crippen LogP contribution in [0.25, 0.3) is 0 Å². The zero-order valence-corrected chi connectivity index (χ0v) is 15.7. The molecule has 0 aromatic rings. The molecule has 0 aromatic heterocycles. The van der Waals surface area contributed by atoms with Gasteiger partial charge in [0.25, 0.3) is 0 Å². The van der Waals surface area contributed by atoms with Crippen molar-refractivity contribution in [2.45, 2.75) is 19.3 Å². The van der Waals surface area contributed by atoms with Crippen LogP contribution in [0.15, 0.2) is 0 Å². The molecule has 1 atom stereocenters. The van der Waals surface area contributed by atoms with Crippen LogP contribution in [0.1, 0.15) is 19.3 Å². The highest BCUT2D eigenvalue weighted by atomic mass is 35.5. The van der Waals surface area contributed by atoms with Crippen molar-refractivity contribution >= 4 is 40.1 Å². The fraction of sp³-hybridized carbons (Fsp3) is 0.929. The van der Waals surface area contributed by atoms with Gasteiger partial charge < -0.3 is 10.6 Å². The van der Waals surface area contributed by atoms with Gasteiger partial charge in [-0.1, -0.05) is 0 Å². The minimum absolute atomic E-state index is 0. The normalized spacial score (nSPS) is 27.2. The molecule has 0 aromatic carbocycles. The molecule has 2 saturated heterocycles. The number of carbonyl (C=O) groups is 1. The first-order valence-corrected chi connectivity index (χ1v) is 10.8. The summed E-state index contributed by atoms with van der Waals surface area (Å²) < 4.78 is 26.0. The number of halogens is 1. The second-order valence-corrected chi connectivity index (χ2v) is 9.80. The molecule has 3 rings (SSSR count). The third kappa shape index (κ3) is 4.54. The third-order valence-electron chi connectivity index (χ3n) is 5.13. The van der Waals surface area contributed by atoms with E-state index in [9.17, 15) is 13.2 Å². The minimum atomic E-state index is -3.22. The van der Waals surface area contributed by atoms with Gasteiger partial charge in [0.1, 0.15) is 0 Å². The number of hydrogen-bond donors (Lipinski definition) is 2. The Labute approximate surface area is 149 Å². The molecule has 2 N–H and O–H groups in total. The molecular weight excluding hydrogens is 358 g/mol. The number of amides is 1. The molecule has 0 radical (unpaired) electrons. The number of piperidine rings is 1. The Morgan fingerprint density at radius 1 is 1.26 bits per heavy atom. The molecule has 1 aliphatic carbocycles. The largest absolute Gasteiger partial charge is 0.355 e. The van der Waals surface area contributed by atoms with Crippen molar-refractivity contribution in [2.24, 2.45) is 11.3 Å². The van der Waals surface area contributed by atoms with Gasteiger partial charge in [0.2, 0.25) is 15.9 Å². The first-order valence-electron chi connectivity index (χ1n) is 8.08. The maximum Gasteiger partial charge on any atom is 0.223 e. The summed E-state index contributed by atoms with van der Waals surface area (Å²) in [6.07, 6.45) is 3.10. The van der Waals surface area contributed by atoms with Crippen LogP contribution in [-0.2, 0) is 14.8 Å². The van der Waals surface area contributed by atoms with E-state index in [1.165, 1.54) is 0 Å². The van der Waals surface area contributed by atoms with Gasteiger partial charge in [0.05, 0.1) is 5.75 Å². The highest BCUT2D eigenvalue weighted by Gasteiger charge is 2.57. The standard InChI is InChI=1S/C14H25N3O3S2.ClH/c18-13(12-11-14(12)1-3-15-4-2-14)16-5-10-22(19,20)17-6-8-21-9-7-17;/h12,15H,1-11H2,(H,16,18);1H. The number of sulfonamides is 1. The zero-order valence-electron chi connectivity index (χ0n) is 13.3. The van der Waals surface area contributed by atoms with E-state index >= 15 is 0 Å². The van der Waals surface area contributed by atoms with E-state index in [0.717, 1.165) is 43.9 Å². The molecule has 134 valence electrons. The van der Waals surface area contributed by atoms with Gasteiger partial charge in [-0.15, -0.1) is 12.4 Å². The van der Waals surface area contributed by atoms with E-state index in [-0.39, 0.29) is 41.9 Å². The Balaban J connectivity index is 0.00000192. The predicted octanol–water partition coefficient (Wildman–Crippen LogP) is 0.293. The number of rotatable bonds is 5. The van der Waals surface area contributed by atoms with E-state index in [4.69, 9.17) is 0 Å². The van der Waals surface area contributed by atoms with Crippen LogP contribution in [0.3, 0.4) is 0 Å². The average molecular weight is 384 g/mol. The van der Waals surface area contributed by atoms with Gasteiger partial charge in [-0.25, -0.2) is 12.7 Å². The second-order valence-electron chi connectivity index (χ2n) is 6.49. The maximum atomic E-state index is 12.2. The molecule has 23 heavy (non-hydrogen) atoms. The molecule has 0 bridgehead atoms. The molecular formula is C14H26ClN3O3S2. The van der Waals surface area contributed by atoms with Gasteiger partial charge >= 0.3 is 0 Å². The molecule has 3 fully saturated rings. The lowest BCUT2D eigenvalue weighted by Gasteiger charge is -2.25. The SMILES string of the molecule is Cl.O=C(NCCS(=O)(=O)N1CCSCC1)C1CC12CCNCC2. The average Bonchev–Trinajstić information content (AvgIpc) is 3.22. The Hall–Kier alpha value is -0.0200. The maximum absolute atomic E-state index is 12.2. The van der Waals surface area contributed by atoms with E-state index in [1.807, 2.05) is 0 Å². The number of carbonyl (C=O) groups excluding carboxylic acids is 1. The number of nitrogens with one attached hydrogen (secondary N) is 2. The first-order chi connectivity index (χ1) is 10.5. The molecule has 2 heterocycles. The number of hydrogen-bond acceptors (Lipinski definition) is 5. The summed E-state index contributed by atoms with van der Waals surface area (Å²) in [6.45, 7) is 3.41. The van der Waals surface area contributed by atoms with Crippen LogP contribution >= 0.6 is 24.2 Å². The van der Waals surface area contributed by atoms with Crippen LogP contribution in [0, 0.1) is 11.3 Å². The summed E-state index contributed by atoms with van der Waals surface area (Å²) in [5.41, 5.74) is 0.207. The van der Waals surface area contributed by atoms with Crippen molar-refractivity contribution in [3.05, 3.63) is 0 Å². The number of nitrogens with zero attached hydrogens (tertiary/aromatic N) is 1. The van der Waals surface area contributed by atoms with Crippen molar-refractivity contribution in [3.8, 4) is 0 Å². The first kappa shape index (κ1) is 19.3. The third-order valence-corrected chi connectivity index (χ3v) is 7.94. The van der Waals surface area contributed by atoms with Gasteiger partial charge in [-0.3, -0.25) is 4.79 Å². The summed E-state index contributed by atoms with van der Waals surface area (Å²) >= 11 is 1.79. The summed E-state index contributed by atoms with van der Waals surface area (Å²) in [5, 5.41) is 6.16. The van der Waals surface area contributed by atoms with Gasteiger partial charge in [0, 0.05) is 37.1 Å². The Bertz CT molecular complexity index is 517. The fourth-order valence-electron chi connectivity index (χ4n) is 3.58. The van der Waals surface area contributed by atoms with Crippen LogP contribution in [-0.4, -0.2) is 68.6 Å². The molecule has 3 aliphatic rings. The molecule has 1 saturated carbocycles. The van der Waals surface area contributed by atoms with E-state index in [1.54, 1.807) is 16.1 Å². The minimum Gasteiger partial charge on any atom is -0.355 e. The van der Waals surface area contributed by atoms with Crippen molar-refractivity contribution in [1.82, 2.24) is 14.9 Å². The summed E-state index contributed by atoms with van der Waals surface area (Å²) in [4.78, 5) is 12.2. The van der Waals surface area contributed by atoms with Crippen LogP contribution in [0.4, 0.5) is 0 Å². The quantitative estimate of drug-likeness (QED) is 0.713. The second kappa shape index (κ2) is 7.91. The zero-order chi connectivity index (χ0) is 15.6. The Kier molecular flexibility index (Phi) is 6.64.